The van der Waals surface area contributed by atoms with E-state index in [1.54, 1.807) is 0 Å². The van der Waals surface area contributed by atoms with Crippen LogP contribution in [0.4, 0.5) is 0 Å². The summed E-state index contributed by atoms with van der Waals surface area (Å²) in [6.07, 6.45) is 5.86. The van der Waals surface area contributed by atoms with Crippen LogP contribution in [-0.4, -0.2) is 13.7 Å². The number of para-hydroxylation sites is 6. The Balaban J connectivity index is 1.16. The van der Waals surface area contributed by atoms with Gasteiger partial charge in [0, 0.05) is 54.7 Å². The summed E-state index contributed by atoms with van der Waals surface area (Å²) in [5, 5.41) is 7.30. The normalized spacial score (nSPS) is 11.8. The first-order valence-electron chi connectivity index (χ1n) is 18.0. The topological polar surface area (TPSA) is 14.8 Å². The summed E-state index contributed by atoms with van der Waals surface area (Å²) in [5.74, 6) is 2.84. The molecular formula is C50H31N3. The molecule has 0 N–H and O–H groups in total. The van der Waals surface area contributed by atoms with Gasteiger partial charge in [0.05, 0.1) is 44.5 Å². The van der Waals surface area contributed by atoms with Crippen LogP contribution in [-0.2, 0) is 0 Å². The molecule has 0 aliphatic carbocycles. The summed E-state index contributed by atoms with van der Waals surface area (Å²) < 4.78 is 7.23. The van der Waals surface area contributed by atoms with E-state index in [4.69, 9.17) is 6.42 Å². The highest BCUT2D eigenvalue weighted by atomic mass is 15.0. The fourth-order valence-corrected chi connectivity index (χ4v) is 8.68. The number of fused-ring (bicyclic) bond motifs is 9. The Morgan fingerprint density at radius 2 is 0.698 bits per heavy atom. The maximum atomic E-state index is 5.86. The van der Waals surface area contributed by atoms with Gasteiger partial charge in [-0.2, -0.15) is 0 Å². The molecule has 0 radical (unpaired) electrons. The van der Waals surface area contributed by atoms with Crippen LogP contribution >= 0.6 is 0 Å². The van der Waals surface area contributed by atoms with Gasteiger partial charge in [-0.1, -0.05) is 115 Å². The van der Waals surface area contributed by atoms with Gasteiger partial charge in [0.1, 0.15) is 0 Å². The lowest BCUT2D eigenvalue weighted by atomic mass is 10.0. The molecule has 0 aliphatic rings. The Hall–Kier alpha value is -7.28. The van der Waals surface area contributed by atoms with Crippen molar-refractivity contribution in [2.45, 2.75) is 0 Å². The van der Waals surface area contributed by atoms with E-state index in [2.05, 4.69) is 196 Å². The highest BCUT2D eigenvalue weighted by Gasteiger charge is 2.21. The molecular weight excluding hydrogens is 643 g/mol. The molecule has 0 aliphatic heterocycles. The fourth-order valence-electron chi connectivity index (χ4n) is 8.68. The number of hydrogen-bond donors (Lipinski definition) is 0. The zero-order valence-electron chi connectivity index (χ0n) is 28.7. The molecule has 0 spiro atoms. The van der Waals surface area contributed by atoms with Crippen LogP contribution in [0, 0.1) is 12.3 Å². The zero-order valence-corrected chi connectivity index (χ0v) is 28.7. The first-order valence-corrected chi connectivity index (χ1v) is 18.0. The Morgan fingerprint density at radius 1 is 0.321 bits per heavy atom. The molecule has 0 saturated carbocycles. The molecule has 0 bridgehead atoms. The predicted octanol–water partition coefficient (Wildman–Crippen LogP) is 12.6. The lowest BCUT2D eigenvalue weighted by molar-refractivity contribution is 1.15. The van der Waals surface area contributed by atoms with Crippen molar-refractivity contribution < 1.29 is 0 Å². The molecule has 0 atom stereocenters. The molecule has 0 unspecified atom stereocenters. The molecule has 3 nitrogen and oxygen atoms in total. The van der Waals surface area contributed by atoms with Crippen LogP contribution < -0.4 is 0 Å². The van der Waals surface area contributed by atoms with Gasteiger partial charge < -0.3 is 13.7 Å². The lowest BCUT2D eigenvalue weighted by Crippen LogP contribution is -2.01. The number of rotatable bonds is 4. The second-order valence-corrected chi connectivity index (χ2v) is 13.7. The van der Waals surface area contributed by atoms with Crippen molar-refractivity contribution in [3.8, 4) is 40.5 Å². The summed E-state index contributed by atoms with van der Waals surface area (Å²) >= 11 is 0. The number of aromatic nitrogens is 3. The molecule has 11 aromatic rings. The van der Waals surface area contributed by atoms with E-state index in [-0.39, 0.29) is 0 Å². The highest BCUT2D eigenvalue weighted by molar-refractivity contribution is 6.13. The number of benzene rings is 8. The van der Waals surface area contributed by atoms with Gasteiger partial charge in [-0.3, -0.25) is 0 Å². The van der Waals surface area contributed by atoms with Gasteiger partial charge in [0.25, 0.3) is 0 Å². The van der Waals surface area contributed by atoms with Crippen molar-refractivity contribution in [1.82, 2.24) is 13.7 Å². The smallest absolute Gasteiger partial charge is 0.0542 e. The lowest BCUT2D eigenvalue weighted by Gasteiger charge is -2.18. The molecule has 3 aromatic heterocycles. The van der Waals surface area contributed by atoms with Gasteiger partial charge >= 0.3 is 0 Å². The second kappa shape index (κ2) is 11.4. The first-order chi connectivity index (χ1) is 26.3. The third-order valence-electron chi connectivity index (χ3n) is 10.9. The molecule has 3 heteroatoms. The standard InChI is InChI=1S/C50H31N3/c1-2-33-27-29-49-41(31-33)39-19-7-13-25-47(39)52(49)45-23-11-5-17-37(45)38-18-6-12-24-46(38)53-48-26-14-8-20-40(48)42-32-34(28-30-50(42)53)51-43-21-9-3-15-35(43)36-16-4-10-22-44(36)51/h1,3-32H. The van der Waals surface area contributed by atoms with Crippen LogP contribution in [0.2, 0.25) is 0 Å². The minimum Gasteiger partial charge on any atom is -0.309 e. The van der Waals surface area contributed by atoms with E-state index in [0.717, 1.165) is 50.2 Å². The van der Waals surface area contributed by atoms with Crippen molar-refractivity contribution >= 4 is 65.4 Å². The Bertz CT molecular complexity index is 3250. The third-order valence-corrected chi connectivity index (χ3v) is 10.9. The highest BCUT2D eigenvalue weighted by Crippen LogP contribution is 2.42. The predicted molar refractivity (Wildman–Crippen MR) is 223 cm³/mol. The Morgan fingerprint density at radius 3 is 1.21 bits per heavy atom. The van der Waals surface area contributed by atoms with Crippen LogP contribution in [0.1, 0.15) is 5.56 Å². The summed E-state index contributed by atoms with van der Waals surface area (Å²) in [4.78, 5) is 0. The van der Waals surface area contributed by atoms with Gasteiger partial charge in [-0.05, 0) is 72.8 Å². The molecule has 0 fully saturated rings. The molecule has 53 heavy (non-hydrogen) atoms. The van der Waals surface area contributed by atoms with Crippen LogP contribution in [0.3, 0.4) is 0 Å². The van der Waals surface area contributed by atoms with Gasteiger partial charge in [0.15, 0.2) is 0 Å². The van der Waals surface area contributed by atoms with Gasteiger partial charge in [-0.25, -0.2) is 0 Å². The zero-order chi connectivity index (χ0) is 35.0. The minimum atomic E-state index is 0.881. The van der Waals surface area contributed by atoms with Crippen molar-refractivity contribution in [2.24, 2.45) is 0 Å². The number of hydrogen-bond acceptors (Lipinski definition) is 0. The Kier molecular flexibility index (Phi) is 6.32. The maximum Gasteiger partial charge on any atom is 0.0542 e. The minimum absolute atomic E-state index is 0.881. The van der Waals surface area contributed by atoms with E-state index in [9.17, 15) is 0 Å². The maximum absolute atomic E-state index is 5.86. The molecule has 246 valence electrons. The SMILES string of the molecule is C#Cc1ccc2c(c1)c1ccccc1n2-c1ccccc1-c1ccccc1-n1c2ccccc2c2cc(-n3c4ccccc4c4ccccc43)ccc21. The van der Waals surface area contributed by atoms with Gasteiger partial charge in [-0.15, -0.1) is 6.42 Å². The summed E-state index contributed by atoms with van der Waals surface area (Å²) in [6, 6.07) is 65.6. The molecule has 8 aromatic carbocycles. The van der Waals surface area contributed by atoms with Crippen LogP contribution in [0.5, 0.6) is 0 Å². The second-order valence-electron chi connectivity index (χ2n) is 13.7. The average molecular weight is 674 g/mol. The van der Waals surface area contributed by atoms with Gasteiger partial charge in [0.2, 0.25) is 0 Å². The first kappa shape index (κ1) is 29.5. The number of nitrogens with zero attached hydrogens (tertiary/aromatic N) is 3. The summed E-state index contributed by atoms with van der Waals surface area (Å²) in [5.41, 5.74) is 13.6. The molecule has 11 rings (SSSR count). The van der Waals surface area contributed by atoms with E-state index < -0.39 is 0 Å². The van der Waals surface area contributed by atoms with Crippen LogP contribution in [0.15, 0.2) is 182 Å². The Labute approximate surface area is 306 Å². The molecule has 3 heterocycles. The average Bonchev–Trinajstić information content (AvgIpc) is 3.86. The van der Waals surface area contributed by atoms with E-state index in [0.29, 0.717) is 0 Å². The van der Waals surface area contributed by atoms with E-state index in [1.165, 1.54) is 49.0 Å². The molecule has 0 saturated heterocycles. The van der Waals surface area contributed by atoms with E-state index in [1.807, 2.05) is 6.07 Å². The quantitative estimate of drug-likeness (QED) is 0.165. The van der Waals surface area contributed by atoms with Crippen molar-refractivity contribution in [2.75, 3.05) is 0 Å². The van der Waals surface area contributed by atoms with Crippen LogP contribution in [0.25, 0.3) is 93.6 Å². The number of terminal acetylenes is 1. The largest absolute Gasteiger partial charge is 0.309 e. The molecule has 0 amide bonds. The van der Waals surface area contributed by atoms with Crippen molar-refractivity contribution in [3.63, 3.8) is 0 Å². The van der Waals surface area contributed by atoms with E-state index >= 15 is 0 Å². The monoisotopic (exact) mass is 673 g/mol. The summed E-state index contributed by atoms with van der Waals surface area (Å²) in [6.45, 7) is 0. The van der Waals surface area contributed by atoms with Crippen molar-refractivity contribution in [3.05, 3.63) is 188 Å². The summed E-state index contributed by atoms with van der Waals surface area (Å²) in [7, 11) is 0. The fraction of sp³-hybridized carbons (Fsp3) is 0. The van der Waals surface area contributed by atoms with Crippen molar-refractivity contribution in [1.29, 1.82) is 0 Å². The third kappa shape index (κ3) is 4.24.